The van der Waals surface area contributed by atoms with Crippen molar-refractivity contribution >= 4 is 0 Å². The summed E-state index contributed by atoms with van der Waals surface area (Å²) in [7, 11) is 0. The minimum absolute atomic E-state index is 0.0947. The largest absolute Gasteiger partial charge is 0.465 e. The molecule has 20 heavy (non-hydrogen) atoms. The van der Waals surface area contributed by atoms with Crippen LogP contribution in [0.3, 0.4) is 0 Å². The van der Waals surface area contributed by atoms with Crippen LogP contribution < -0.4 is 4.74 Å². The standard InChI is InChI=1S/C18H28O2/c1-4-15-10-12-17(13-11-15)20-18(19-14(2)3)16-8-6-5-7-9-16/h10-14,16,18H,4-9H2,1-3H3. The van der Waals surface area contributed by atoms with E-state index in [2.05, 4.69) is 45.0 Å². The summed E-state index contributed by atoms with van der Waals surface area (Å²) < 4.78 is 12.2. The van der Waals surface area contributed by atoms with Gasteiger partial charge in [-0.2, -0.15) is 0 Å². The molecule has 0 aliphatic heterocycles. The van der Waals surface area contributed by atoms with Crippen molar-refractivity contribution in [1.29, 1.82) is 0 Å². The van der Waals surface area contributed by atoms with E-state index in [-0.39, 0.29) is 12.4 Å². The van der Waals surface area contributed by atoms with Crippen LogP contribution in [0.2, 0.25) is 0 Å². The Kier molecular flexibility index (Phi) is 5.90. The van der Waals surface area contributed by atoms with Crippen LogP contribution in [-0.4, -0.2) is 12.4 Å². The SMILES string of the molecule is CCc1ccc(OC(OC(C)C)C2CCCCC2)cc1. The Morgan fingerprint density at radius 3 is 2.25 bits per heavy atom. The van der Waals surface area contributed by atoms with Crippen molar-refractivity contribution in [3.8, 4) is 5.75 Å². The predicted molar refractivity (Wildman–Crippen MR) is 83.0 cm³/mol. The molecule has 0 bridgehead atoms. The average molecular weight is 276 g/mol. The molecule has 1 aliphatic rings. The smallest absolute Gasteiger partial charge is 0.202 e. The van der Waals surface area contributed by atoms with E-state index in [1.807, 2.05) is 0 Å². The van der Waals surface area contributed by atoms with E-state index in [0.717, 1.165) is 12.2 Å². The van der Waals surface area contributed by atoms with E-state index < -0.39 is 0 Å². The Labute approximate surface area is 123 Å². The fraction of sp³-hybridized carbons (Fsp3) is 0.667. The van der Waals surface area contributed by atoms with Gasteiger partial charge in [-0.15, -0.1) is 0 Å². The highest BCUT2D eigenvalue weighted by Crippen LogP contribution is 2.30. The van der Waals surface area contributed by atoms with Crippen molar-refractivity contribution in [2.45, 2.75) is 71.7 Å². The summed E-state index contributed by atoms with van der Waals surface area (Å²) in [5.41, 5.74) is 1.34. The van der Waals surface area contributed by atoms with Crippen LogP contribution in [0.1, 0.15) is 58.4 Å². The number of hydrogen-bond acceptors (Lipinski definition) is 2. The second-order valence-corrected chi connectivity index (χ2v) is 6.07. The van der Waals surface area contributed by atoms with Crippen LogP contribution in [0, 0.1) is 5.92 Å². The Hall–Kier alpha value is -1.02. The van der Waals surface area contributed by atoms with Gasteiger partial charge >= 0.3 is 0 Å². The molecule has 2 rings (SSSR count). The number of aryl methyl sites for hydroxylation is 1. The van der Waals surface area contributed by atoms with Crippen LogP contribution in [-0.2, 0) is 11.2 Å². The molecule has 1 aromatic rings. The van der Waals surface area contributed by atoms with Gasteiger partial charge in [0.25, 0.3) is 0 Å². The molecule has 1 aromatic carbocycles. The van der Waals surface area contributed by atoms with E-state index in [9.17, 15) is 0 Å². The van der Waals surface area contributed by atoms with Gasteiger partial charge in [0.05, 0.1) is 6.10 Å². The van der Waals surface area contributed by atoms with E-state index in [1.54, 1.807) is 0 Å². The van der Waals surface area contributed by atoms with Crippen LogP contribution in [0.25, 0.3) is 0 Å². The van der Waals surface area contributed by atoms with Gasteiger partial charge in [-0.1, -0.05) is 38.3 Å². The molecule has 1 fully saturated rings. The molecule has 0 spiro atoms. The molecule has 112 valence electrons. The first-order valence-corrected chi connectivity index (χ1v) is 8.10. The molecule has 0 aromatic heterocycles. The molecule has 0 N–H and O–H groups in total. The summed E-state index contributed by atoms with van der Waals surface area (Å²) in [6, 6.07) is 8.42. The third kappa shape index (κ3) is 4.52. The minimum atomic E-state index is -0.0947. The maximum atomic E-state index is 6.14. The Morgan fingerprint density at radius 1 is 1.05 bits per heavy atom. The molecule has 0 radical (unpaired) electrons. The zero-order valence-electron chi connectivity index (χ0n) is 13.1. The topological polar surface area (TPSA) is 18.5 Å². The van der Waals surface area contributed by atoms with E-state index in [0.29, 0.717) is 5.92 Å². The molecule has 0 amide bonds. The van der Waals surface area contributed by atoms with Crippen LogP contribution in [0.15, 0.2) is 24.3 Å². The number of benzene rings is 1. The fourth-order valence-corrected chi connectivity index (χ4v) is 2.85. The van der Waals surface area contributed by atoms with Crippen LogP contribution >= 0.6 is 0 Å². The molecular formula is C18H28O2. The first kappa shape index (κ1) is 15.4. The maximum absolute atomic E-state index is 6.14. The Balaban J connectivity index is 2.01. The first-order valence-electron chi connectivity index (χ1n) is 8.10. The van der Waals surface area contributed by atoms with Gasteiger partial charge in [-0.05, 0) is 50.8 Å². The summed E-state index contributed by atoms with van der Waals surface area (Å²) in [6.07, 6.45) is 7.60. The third-order valence-electron chi connectivity index (χ3n) is 4.02. The number of ether oxygens (including phenoxy) is 2. The van der Waals surface area contributed by atoms with Gasteiger partial charge in [-0.3, -0.25) is 0 Å². The summed E-state index contributed by atoms with van der Waals surface area (Å²) in [6.45, 7) is 6.33. The lowest BCUT2D eigenvalue weighted by Crippen LogP contribution is -2.33. The number of rotatable bonds is 6. The van der Waals surface area contributed by atoms with Gasteiger partial charge in [0.1, 0.15) is 5.75 Å². The Bertz CT molecular complexity index is 377. The van der Waals surface area contributed by atoms with E-state index in [1.165, 1.54) is 37.7 Å². The highest BCUT2D eigenvalue weighted by molar-refractivity contribution is 5.27. The second-order valence-electron chi connectivity index (χ2n) is 6.07. The fourth-order valence-electron chi connectivity index (χ4n) is 2.85. The van der Waals surface area contributed by atoms with Crippen molar-refractivity contribution in [2.24, 2.45) is 5.92 Å². The molecule has 0 saturated heterocycles. The highest BCUT2D eigenvalue weighted by Gasteiger charge is 2.26. The predicted octanol–water partition coefficient (Wildman–Crippen LogP) is 4.96. The molecule has 1 saturated carbocycles. The van der Waals surface area contributed by atoms with Crippen molar-refractivity contribution in [3.63, 3.8) is 0 Å². The summed E-state index contributed by atoms with van der Waals surface area (Å²) in [4.78, 5) is 0. The molecule has 2 heteroatoms. The second kappa shape index (κ2) is 7.68. The summed E-state index contributed by atoms with van der Waals surface area (Å²) in [5.74, 6) is 1.47. The first-order chi connectivity index (χ1) is 9.69. The molecule has 0 heterocycles. The van der Waals surface area contributed by atoms with Gasteiger partial charge in [0, 0.05) is 5.92 Å². The zero-order valence-corrected chi connectivity index (χ0v) is 13.1. The van der Waals surface area contributed by atoms with Crippen LogP contribution in [0.4, 0.5) is 0 Å². The minimum Gasteiger partial charge on any atom is -0.465 e. The van der Waals surface area contributed by atoms with Gasteiger partial charge in [0.2, 0.25) is 6.29 Å². The van der Waals surface area contributed by atoms with Crippen molar-refractivity contribution < 1.29 is 9.47 Å². The van der Waals surface area contributed by atoms with E-state index >= 15 is 0 Å². The monoisotopic (exact) mass is 276 g/mol. The normalized spacial score (nSPS) is 18.2. The average Bonchev–Trinajstić information content (AvgIpc) is 2.48. The number of hydrogen-bond donors (Lipinski definition) is 0. The third-order valence-corrected chi connectivity index (χ3v) is 4.02. The quantitative estimate of drug-likeness (QED) is 0.684. The van der Waals surface area contributed by atoms with Gasteiger partial charge in [-0.25, -0.2) is 0 Å². The van der Waals surface area contributed by atoms with E-state index in [4.69, 9.17) is 9.47 Å². The van der Waals surface area contributed by atoms with Crippen molar-refractivity contribution in [2.75, 3.05) is 0 Å². The van der Waals surface area contributed by atoms with Crippen LogP contribution in [0.5, 0.6) is 5.75 Å². The van der Waals surface area contributed by atoms with Gasteiger partial charge in [0.15, 0.2) is 0 Å². The van der Waals surface area contributed by atoms with Crippen molar-refractivity contribution in [3.05, 3.63) is 29.8 Å². The lowest BCUT2D eigenvalue weighted by Gasteiger charge is -2.31. The molecule has 1 unspecified atom stereocenters. The molecular weight excluding hydrogens is 248 g/mol. The van der Waals surface area contributed by atoms with Gasteiger partial charge < -0.3 is 9.47 Å². The summed E-state index contributed by atoms with van der Waals surface area (Å²) >= 11 is 0. The molecule has 1 aliphatic carbocycles. The van der Waals surface area contributed by atoms with Crippen molar-refractivity contribution in [1.82, 2.24) is 0 Å². The molecule has 2 nitrogen and oxygen atoms in total. The zero-order chi connectivity index (χ0) is 14.4. The summed E-state index contributed by atoms with van der Waals surface area (Å²) in [5, 5.41) is 0. The highest BCUT2D eigenvalue weighted by atomic mass is 16.7. The maximum Gasteiger partial charge on any atom is 0.202 e. The lowest BCUT2D eigenvalue weighted by molar-refractivity contribution is -0.145. The molecule has 1 atom stereocenters. The Morgan fingerprint density at radius 2 is 1.70 bits per heavy atom. The lowest BCUT2D eigenvalue weighted by atomic mass is 9.88.